The van der Waals surface area contributed by atoms with Crippen molar-refractivity contribution in [1.29, 1.82) is 0 Å². The van der Waals surface area contributed by atoms with E-state index in [4.69, 9.17) is 0 Å². The van der Waals surface area contributed by atoms with Crippen LogP contribution in [0.5, 0.6) is 0 Å². The molecule has 0 bridgehead atoms. The van der Waals surface area contributed by atoms with Crippen molar-refractivity contribution in [3.63, 3.8) is 0 Å². The summed E-state index contributed by atoms with van der Waals surface area (Å²) in [7, 11) is 0. The Morgan fingerprint density at radius 2 is 0.520 bits per heavy atom. The standard InChI is InChI=1S/C90H51BN2S5/c1-6-24-76-64(15-1)69-47-54(39-46-81(69)94-76)57-50-74-90-75(51-57)93(59-42-35-53(36-43-59)61-21-12-30-83-87(61)66-17-3-8-26-78(66)96-83)73-45-38-56(63-23-14-32-85-89(63)68-19-5-10-28-80(68)98-85)49-71(73)91(90)70-48-55(62-22-13-31-84-88(62)67-18-4-9-27-79(67)97-84)37-44-72(70)92(74)58-40-33-52(34-41-58)60-20-11-29-82-86(60)65-16-2-7-25-77(65)95-82/h1-51H. The maximum Gasteiger partial charge on any atom is 0.252 e. The topological polar surface area (TPSA) is 6.48 Å². The van der Waals surface area contributed by atoms with Gasteiger partial charge in [0.25, 0.3) is 6.71 Å². The van der Waals surface area contributed by atoms with Crippen LogP contribution in [0.15, 0.2) is 309 Å². The van der Waals surface area contributed by atoms with Gasteiger partial charge in [0.05, 0.1) is 0 Å². The van der Waals surface area contributed by atoms with Gasteiger partial charge in [0.15, 0.2) is 0 Å². The molecule has 15 aromatic carbocycles. The molecule has 0 aliphatic carbocycles. The second-order valence-corrected chi connectivity index (χ2v) is 31.5. The summed E-state index contributed by atoms with van der Waals surface area (Å²) in [6.45, 7) is -0.181. The first-order valence-corrected chi connectivity index (χ1v) is 37.5. The first kappa shape index (κ1) is 55.2. The lowest BCUT2D eigenvalue weighted by molar-refractivity contribution is 1.25. The Kier molecular flexibility index (Phi) is 12.0. The number of hydrogen-bond acceptors (Lipinski definition) is 7. The van der Waals surface area contributed by atoms with Gasteiger partial charge in [-0.1, -0.05) is 194 Å². The number of benzene rings is 15. The molecule has 0 saturated carbocycles. The monoisotopic (exact) mass is 1330 g/mol. The molecule has 98 heavy (non-hydrogen) atoms. The van der Waals surface area contributed by atoms with Crippen LogP contribution in [-0.4, -0.2) is 6.71 Å². The van der Waals surface area contributed by atoms with Crippen molar-refractivity contribution < 1.29 is 0 Å². The van der Waals surface area contributed by atoms with Crippen LogP contribution >= 0.6 is 56.7 Å². The molecule has 2 aliphatic heterocycles. The van der Waals surface area contributed by atoms with Crippen LogP contribution in [0.2, 0.25) is 0 Å². The van der Waals surface area contributed by atoms with Crippen LogP contribution in [0.3, 0.4) is 0 Å². The molecule has 5 aromatic heterocycles. The summed E-state index contributed by atoms with van der Waals surface area (Å²) in [5.74, 6) is 0. The third kappa shape index (κ3) is 8.18. The quantitative estimate of drug-likeness (QED) is 0.147. The van der Waals surface area contributed by atoms with Gasteiger partial charge in [-0.3, -0.25) is 0 Å². The lowest BCUT2D eigenvalue weighted by Gasteiger charge is -2.44. The fourth-order valence-electron chi connectivity index (χ4n) is 16.6. The minimum Gasteiger partial charge on any atom is -0.311 e. The summed E-state index contributed by atoms with van der Waals surface area (Å²) >= 11 is 9.40. The van der Waals surface area contributed by atoms with Crippen LogP contribution in [0.1, 0.15) is 0 Å². The SMILES string of the molecule is c1ccc2c(c1)sc1ccc(-c3cc4c5c(c3)N(c3ccc(-c6cccc7sc8ccccc8c67)cc3)c3ccc(-c6cccc7sc8ccccc8c67)cc3B5c3cc(-c5cccc6sc7ccccc7c56)ccc3N4c3ccc(-c4cccc5sc6ccccc6c45)cc3)cc12. The fraction of sp³-hybridized carbons (Fsp3) is 0. The third-order valence-electron chi connectivity index (χ3n) is 20.9. The van der Waals surface area contributed by atoms with Crippen molar-refractivity contribution in [2.45, 2.75) is 0 Å². The van der Waals surface area contributed by atoms with Gasteiger partial charge in [-0.15, -0.1) is 56.7 Å². The second-order valence-electron chi connectivity index (χ2n) is 26.1. The van der Waals surface area contributed by atoms with E-state index in [2.05, 4.69) is 319 Å². The molecule has 22 rings (SSSR count). The third-order valence-corrected chi connectivity index (χ3v) is 26.6. The van der Waals surface area contributed by atoms with E-state index in [1.54, 1.807) is 0 Å². The average molecular weight is 1330 g/mol. The number of anilines is 6. The zero-order chi connectivity index (χ0) is 63.8. The van der Waals surface area contributed by atoms with Gasteiger partial charge in [0, 0.05) is 135 Å². The Bertz CT molecular complexity index is 6430. The highest BCUT2D eigenvalue weighted by molar-refractivity contribution is 7.27. The lowest BCUT2D eigenvalue weighted by atomic mass is 9.33. The van der Waals surface area contributed by atoms with Gasteiger partial charge in [-0.2, -0.15) is 0 Å². The molecular weight excluding hydrogens is 1280 g/mol. The molecule has 7 heterocycles. The fourth-order valence-corrected chi connectivity index (χ4v) is 22.2. The first-order valence-electron chi connectivity index (χ1n) is 33.4. The smallest absolute Gasteiger partial charge is 0.252 e. The summed E-state index contributed by atoms with van der Waals surface area (Å²) in [4.78, 5) is 5.23. The highest BCUT2D eigenvalue weighted by Gasteiger charge is 2.44. The Balaban J connectivity index is 0.828. The predicted molar refractivity (Wildman–Crippen MR) is 432 cm³/mol. The minimum atomic E-state index is -0.181. The lowest BCUT2D eigenvalue weighted by Crippen LogP contribution is -2.61. The molecule has 0 N–H and O–H groups in total. The van der Waals surface area contributed by atoms with Crippen molar-refractivity contribution in [3.8, 4) is 55.6 Å². The number of thiophene rings is 5. The number of hydrogen-bond donors (Lipinski definition) is 0. The maximum absolute atomic E-state index is 2.61. The number of nitrogens with zero attached hydrogens (tertiary/aromatic N) is 2. The van der Waals surface area contributed by atoms with Crippen LogP contribution in [-0.2, 0) is 0 Å². The molecule has 454 valence electrons. The zero-order valence-electron chi connectivity index (χ0n) is 52.5. The van der Waals surface area contributed by atoms with E-state index in [1.807, 2.05) is 56.7 Å². The number of rotatable bonds is 7. The summed E-state index contributed by atoms with van der Waals surface area (Å²) in [6.07, 6.45) is 0. The molecule has 0 amide bonds. The molecule has 8 heteroatoms. The van der Waals surface area contributed by atoms with Gasteiger partial charge in [0.2, 0.25) is 0 Å². The van der Waals surface area contributed by atoms with Gasteiger partial charge < -0.3 is 9.80 Å². The molecule has 0 fully saturated rings. The molecule has 0 saturated heterocycles. The molecule has 0 radical (unpaired) electrons. The second kappa shape index (κ2) is 21.3. The normalized spacial score (nSPS) is 12.8. The van der Waals surface area contributed by atoms with E-state index in [9.17, 15) is 0 Å². The molecule has 2 aliphatic rings. The van der Waals surface area contributed by atoms with Crippen LogP contribution in [0, 0.1) is 0 Å². The summed E-state index contributed by atoms with van der Waals surface area (Å²) in [5, 5.41) is 13.0. The molecule has 0 spiro atoms. The molecular formula is C90H51BN2S5. The van der Waals surface area contributed by atoms with Crippen molar-refractivity contribution >= 4 is 215 Å². The van der Waals surface area contributed by atoms with E-state index in [1.165, 1.54) is 190 Å². The summed E-state index contributed by atoms with van der Waals surface area (Å²) in [5.41, 5.74) is 22.9. The Morgan fingerprint density at radius 3 is 0.929 bits per heavy atom. The molecule has 20 aromatic rings. The van der Waals surface area contributed by atoms with Gasteiger partial charge in [0.1, 0.15) is 0 Å². The van der Waals surface area contributed by atoms with Crippen molar-refractivity contribution in [2.75, 3.05) is 9.80 Å². The van der Waals surface area contributed by atoms with Crippen LogP contribution < -0.4 is 26.2 Å². The van der Waals surface area contributed by atoms with Crippen molar-refractivity contribution in [1.82, 2.24) is 0 Å². The van der Waals surface area contributed by atoms with Crippen molar-refractivity contribution in [3.05, 3.63) is 309 Å². The molecule has 0 atom stereocenters. The largest absolute Gasteiger partial charge is 0.311 e. The maximum atomic E-state index is 2.61. The molecule has 2 nitrogen and oxygen atoms in total. The predicted octanol–water partition coefficient (Wildman–Crippen LogP) is 25.9. The minimum absolute atomic E-state index is 0.181. The summed E-state index contributed by atoms with van der Waals surface area (Å²) < 4.78 is 13.0. The highest BCUT2D eigenvalue weighted by atomic mass is 32.1. The van der Waals surface area contributed by atoms with Gasteiger partial charge >= 0.3 is 0 Å². The van der Waals surface area contributed by atoms with Crippen LogP contribution in [0.25, 0.3) is 156 Å². The number of fused-ring (bicyclic) bond motifs is 19. The van der Waals surface area contributed by atoms with Gasteiger partial charge in [-0.05, 0) is 187 Å². The van der Waals surface area contributed by atoms with E-state index in [0.29, 0.717) is 0 Å². The van der Waals surface area contributed by atoms with E-state index in [-0.39, 0.29) is 6.71 Å². The Hall–Kier alpha value is -10.9. The zero-order valence-corrected chi connectivity index (χ0v) is 56.5. The summed E-state index contributed by atoms with van der Waals surface area (Å²) in [6, 6.07) is 118. The Morgan fingerprint density at radius 1 is 0.204 bits per heavy atom. The highest BCUT2D eigenvalue weighted by Crippen LogP contribution is 2.51. The van der Waals surface area contributed by atoms with Crippen LogP contribution in [0.4, 0.5) is 34.1 Å². The van der Waals surface area contributed by atoms with E-state index < -0.39 is 0 Å². The van der Waals surface area contributed by atoms with Gasteiger partial charge in [-0.25, -0.2) is 0 Å². The molecule has 0 unspecified atom stereocenters. The average Bonchev–Trinajstić information content (AvgIpc) is 0.990. The van der Waals surface area contributed by atoms with E-state index in [0.717, 1.165) is 16.9 Å². The Labute approximate surface area is 584 Å². The van der Waals surface area contributed by atoms with Crippen molar-refractivity contribution in [2.24, 2.45) is 0 Å². The van der Waals surface area contributed by atoms with E-state index >= 15 is 0 Å². The first-order chi connectivity index (χ1) is 48.6.